The Morgan fingerprint density at radius 2 is 2.20 bits per heavy atom. The molecule has 0 rings (SSSR count). The summed E-state index contributed by atoms with van der Waals surface area (Å²) in [7, 11) is 0. The molecular formula is C7H17NO2. The number of hydrogen-bond donors (Lipinski definition) is 2. The highest BCUT2D eigenvalue weighted by Crippen LogP contribution is 1.87. The maximum absolute atomic E-state index is 9.08. The van der Waals surface area contributed by atoms with E-state index in [0.717, 1.165) is 13.2 Å². The van der Waals surface area contributed by atoms with Crippen LogP contribution in [0.4, 0.5) is 0 Å². The molecule has 3 nitrogen and oxygen atoms in total. The minimum Gasteiger partial charge on any atom is -0.382 e. The molecule has 62 valence electrons. The Kier molecular flexibility index (Phi) is 6.91. The first-order valence-corrected chi connectivity index (χ1v) is 3.80. The van der Waals surface area contributed by atoms with E-state index in [1.54, 1.807) is 0 Å². The van der Waals surface area contributed by atoms with Crippen LogP contribution in [0.25, 0.3) is 0 Å². The highest BCUT2D eigenvalue weighted by molar-refractivity contribution is 4.49. The molecule has 2 N–H and O–H groups in total. The van der Waals surface area contributed by atoms with Gasteiger partial charge < -0.3 is 9.84 Å². The van der Waals surface area contributed by atoms with Crippen LogP contribution in [0.1, 0.15) is 20.3 Å². The molecule has 10 heavy (non-hydrogen) atoms. The summed E-state index contributed by atoms with van der Waals surface area (Å²) < 4.78 is 5.05. The van der Waals surface area contributed by atoms with Gasteiger partial charge in [-0.25, -0.2) is 0 Å². The van der Waals surface area contributed by atoms with Gasteiger partial charge in [-0.05, 0) is 13.5 Å². The third-order valence-electron chi connectivity index (χ3n) is 1.18. The molecule has 0 fully saturated rings. The molecule has 0 saturated carbocycles. The van der Waals surface area contributed by atoms with E-state index in [4.69, 9.17) is 9.84 Å². The molecule has 0 aliphatic rings. The Balaban J connectivity index is 2.97. The van der Waals surface area contributed by atoms with Gasteiger partial charge >= 0.3 is 0 Å². The molecule has 0 saturated heterocycles. The summed E-state index contributed by atoms with van der Waals surface area (Å²) in [5, 5.41) is 12.0. The normalized spacial score (nSPS) is 13.5. The monoisotopic (exact) mass is 147 g/mol. The number of rotatable bonds is 6. The summed E-state index contributed by atoms with van der Waals surface area (Å²) in [4.78, 5) is 0. The van der Waals surface area contributed by atoms with Crippen molar-refractivity contribution >= 4 is 0 Å². The van der Waals surface area contributed by atoms with Crippen molar-refractivity contribution in [1.29, 1.82) is 0 Å². The molecule has 0 spiro atoms. The summed E-state index contributed by atoms with van der Waals surface area (Å²) >= 11 is 0. The predicted molar refractivity (Wildman–Crippen MR) is 40.8 cm³/mol. The molecule has 1 atom stereocenters. The van der Waals surface area contributed by atoms with Crippen LogP contribution >= 0.6 is 0 Å². The Bertz CT molecular complexity index is 68.6. The van der Waals surface area contributed by atoms with Gasteiger partial charge in [-0.15, -0.1) is 0 Å². The lowest BCUT2D eigenvalue weighted by molar-refractivity contribution is 0.0718. The van der Waals surface area contributed by atoms with Crippen molar-refractivity contribution in [2.45, 2.75) is 26.5 Å². The molecular weight excluding hydrogens is 130 g/mol. The average Bonchev–Trinajstić information content (AvgIpc) is 1.89. The second-order valence-electron chi connectivity index (χ2n) is 2.06. The van der Waals surface area contributed by atoms with Crippen LogP contribution in [0.3, 0.4) is 0 Å². The Morgan fingerprint density at radius 1 is 1.50 bits per heavy atom. The van der Waals surface area contributed by atoms with Crippen molar-refractivity contribution < 1.29 is 9.84 Å². The zero-order valence-electron chi connectivity index (χ0n) is 6.76. The maximum atomic E-state index is 9.08. The Hall–Kier alpha value is -0.120. The lowest BCUT2D eigenvalue weighted by Gasteiger charge is -2.09. The Labute approximate surface area is 62.4 Å². The van der Waals surface area contributed by atoms with Crippen molar-refractivity contribution in [2.24, 2.45) is 0 Å². The highest BCUT2D eigenvalue weighted by Gasteiger charge is 1.98. The molecule has 0 bridgehead atoms. The van der Waals surface area contributed by atoms with E-state index >= 15 is 0 Å². The lowest BCUT2D eigenvalue weighted by atomic mass is 10.4. The van der Waals surface area contributed by atoms with E-state index in [1.807, 2.05) is 13.8 Å². The molecule has 0 aromatic carbocycles. The van der Waals surface area contributed by atoms with Crippen molar-refractivity contribution in [2.75, 3.05) is 19.8 Å². The molecule has 3 heteroatoms. The SMILES string of the molecule is CCNC(O)CCOCC. The topological polar surface area (TPSA) is 41.5 Å². The van der Waals surface area contributed by atoms with Crippen molar-refractivity contribution in [3.8, 4) is 0 Å². The van der Waals surface area contributed by atoms with Crippen LogP contribution in [-0.2, 0) is 4.74 Å². The van der Waals surface area contributed by atoms with Crippen LogP contribution in [0.5, 0.6) is 0 Å². The van der Waals surface area contributed by atoms with Crippen LogP contribution < -0.4 is 5.32 Å². The van der Waals surface area contributed by atoms with Gasteiger partial charge in [0.25, 0.3) is 0 Å². The highest BCUT2D eigenvalue weighted by atomic mass is 16.5. The van der Waals surface area contributed by atoms with Gasteiger partial charge in [0.1, 0.15) is 6.23 Å². The number of nitrogens with one attached hydrogen (secondary N) is 1. The van der Waals surface area contributed by atoms with Crippen molar-refractivity contribution in [3.05, 3.63) is 0 Å². The van der Waals surface area contributed by atoms with Gasteiger partial charge in [-0.3, -0.25) is 5.32 Å². The van der Waals surface area contributed by atoms with E-state index in [9.17, 15) is 0 Å². The molecule has 0 heterocycles. The predicted octanol–water partition coefficient (Wildman–Crippen LogP) is 0.341. The maximum Gasteiger partial charge on any atom is 0.107 e. The first kappa shape index (κ1) is 9.88. The first-order valence-electron chi connectivity index (χ1n) is 3.80. The fourth-order valence-electron chi connectivity index (χ4n) is 0.677. The van der Waals surface area contributed by atoms with Crippen molar-refractivity contribution in [3.63, 3.8) is 0 Å². The molecule has 0 aromatic heterocycles. The Morgan fingerprint density at radius 3 is 2.70 bits per heavy atom. The van der Waals surface area contributed by atoms with Gasteiger partial charge in [0, 0.05) is 13.0 Å². The van der Waals surface area contributed by atoms with Gasteiger partial charge in [-0.1, -0.05) is 6.92 Å². The minimum absolute atomic E-state index is 0.406. The third-order valence-corrected chi connectivity index (χ3v) is 1.18. The van der Waals surface area contributed by atoms with Crippen LogP contribution in [0, 0.1) is 0 Å². The van der Waals surface area contributed by atoms with E-state index < -0.39 is 6.23 Å². The average molecular weight is 147 g/mol. The first-order chi connectivity index (χ1) is 4.81. The summed E-state index contributed by atoms with van der Waals surface area (Å²) in [5.74, 6) is 0. The standard InChI is InChI=1S/C7H17NO2/c1-3-8-7(9)5-6-10-4-2/h7-9H,3-6H2,1-2H3. The van der Waals surface area contributed by atoms with E-state index in [2.05, 4.69) is 5.32 Å². The number of ether oxygens (including phenoxy) is 1. The molecule has 0 radical (unpaired) electrons. The second-order valence-corrected chi connectivity index (χ2v) is 2.06. The summed E-state index contributed by atoms with van der Waals surface area (Å²) in [6.45, 7) is 6.06. The second kappa shape index (κ2) is 6.99. The molecule has 0 aliphatic heterocycles. The zero-order valence-corrected chi connectivity index (χ0v) is 6.76. The largest absolute Gasteiger partial charge is 0.382 e. The van der Waals surface area contributed by atoms with E-state index in [0.29, 0.717) is 13.0 Å². The van der Waals surface area contributed by atoms with Crippen molar-refractivity contribution in [1.82, 2.24) is 5.32 Å². The van der Waals surface area contributed by atoms with Crippen LogP contribution in [0.2, 0.25) is 0 Å². The molecule has 0 aromatic rings. The van der Waals surface area contributed by atoms with Gasteiger partial charge in [0.05, 0.1) is 6.61 Å². The van der Waals surface area contributed by atoms with Crippen LogP contribution in [0.15, 0.2) is 0 Å². The van der Waals surface area contributed by atoms with Crippen LogP contribution in [-0.4, -0.2) is 31.1 Å². The smallest absolute Gasteiger partial charge is 0.107 e. The number of aliphatic hydroxyl groups excluding tert-OH is 1. The van der Waals surface area contributed by atoms with E-state index in [1.165, 1.54) is 0 Å². The molecule has 1 unspecified atom stereocenters. The summed E-state index contributed by atoms with van der Waals surface area (Å²) in [5.41, 5.74) is 0. The zero-order chi connectivity index (χ0) is 7.82. The third kappa shape index (κ3) is 6.01. The fourth-order valence-corrected chi connectivity index (χ4v) is 0.677. The lowest BCUT2D eigenvalue weighted by Crippen LogP contribution is -2.29. The number of aliphatic hydroxyl groups is 1. The van der Waals surface area contributed by atoms with Gasteiger partial charge in [0.2, 0.25) is 0 Å². The molecule has 0 aliphatic carbocycles. The van der Waals surface area contributed by atoms with Gasteiger partial charge in [-0.2, -0.15) is 0 Å². The van der Waals surface area contributed by atoms with E-state index in [-0.39, 0.29) is 0 Å². The molecule has 0 amide bonds. The minimum atomic E-state index is -0.406. The summed E-state index contributed by atoms with van der Waals surface area (Å²) in [6.07, 6.45) is 0.262. The van der Waals surface area contributed by atoms with Gasteiger partial charge in [0.15, 0.2) is 0 Å². The quantitative estimate of drug-likeness (QED) is 0.420. The number of hydrogen-bond acceptors (Lipinski definition) is 3. The fraction of sp³-hybridized carbons (Fsp3) is 1.00. The summed E-state index contributed by atoms with van der Waals surface area (Å²) in [6, 6.07) is 0.